The molecule has 0 bridgehead atoms. The van der Waals surface area contributed by atoms with E-state index in [0.717, 1.165) is 12.8 Å². The molecule has 0 spiro atoms. The highest BCUT2D eigenvalue weighted by Crippen LogP contribution is 2.17. The average molecular weight is 259 g/mol. The average Bonchev–Trinajstić information content (AvgIpc) is 2.89. The number of nitrogens with zero attached hydrogens (tertiary/aromatic N) is 1. The van der Waals surface area contributed by atoms with Gasteiger partial charge >= 0.3 is 6.03 Å². The molecule has 5 nitrogen and oxygen atoms in total. The predicted molar refractivity (Wildman–Crippen MR) is 72.6 cm³/mol. The molecule has 2 rings (SSSR count). The number of hydrogen-bond donors (Lipinski definition) is 3. The van der Waals surface area contributed by atoms with Gasteiger partial charge in [0.05, 0.1) is 0 Å². The van der Waals surface area contributed by atoms with Crippen LogP contribution < -0.4 is 10.6 Å². The zero-order valence-electron chi connectivity index (χ0n) is 10.6. The highest BCUT2D eigenvalue weighted by Gasteiger charge is 2.17. The van der Waals surface area contributed by atoms with Crippen LogP contribution in [0.15, 0.2) is 18.2 Å². The number of carbonyl (C=O) groups excluding carboxylic acids is 1. The molecule has 1 aliphatic carbocycles. The number of aliphatic hydroxyl groups excluding tert-OH is 1. The molecule has 1 fully saturated rings. The van der Waals surface area contributed by atoms with E-state index in [1.807, 2.05) is 0 Å². The zero-order valence-corrected chi connectivity index (χ0v) is 10.6. The molecule has 2 amide bonds. The second kappa shape index (κ2) is 6.76. The summed E-state index contributed by atoms with van der Waals surface area (Å²) in [6, 6.07) is 5.24. The summed E-state index contributed by atoms with van der Waals surface area (Å²) in [5.41, 5.74) is 0.521. The van der Waals surface area contributed by atoms with Gasteiger partial charge in [0.25, 0.3) is 0 Å². The van der Waals surface area contributed by atoms with Crippen LogP contribution in [0.3, 0.4) is 0 Å². The number of anilines is 1. The van der Waals surface area contributed by atoms with E-state index in [4.69, 9.17) is 5.11 Å². The van der Waals surface area contributed by atoms with Gasteiger partial charge in [-0.3, -0.25) is 5.32 Å². The van der Waals surface area contributed by atoms with Gasteiger partial charge in [-0.05, 0) is 30.9 Å². The van der Waals surface area contributed by atoms with Gasteiger partial charge in [0.2, 0.25) is 0 Å². The highest BCUT2D eigenvalue weighted by molar-refractivity contribution is 5.88. The summed E-state index contributed by atoms with van der Waals surface area (Å²) in [5.74, 6) is 5.68. The maximum Gasteiger partial charge on any atom is 0.320 e. The Bertz CT molecular complexity index is 499. The Hall–Kier alpha value is -2.06. The van der Waals surface area contributed by atoms with Gasteiger partial charge in [-0.2, -0.15) is 0 Å². The van der Waals surface area contributed by atoms with Crippen LogP contribution in [0.4, 0.5) is 10.6 Å². The number of rotatable bonds is 2. The van der Waals surface area contributed by atoms with E-state index in [-0.39, 0.29) is 18.7 Å². The molecule has 100 valence electrons. The Morgan fingerprint density at radius 3 is 2.95 bits per heavy atom. The fraction of sp³-hybridized carbons (Fsp3) is 0.429. The molecule has 1 aromatic heterocycles. The minimum absolute atomic E-state index is 0.207. The van der Waals surface area contributed by atoms with Crippen molar-refractivity contribution in [3.8, 4) is 11.8 Å². The van der Waals surface area contributed by atoms with Gasteiger partial charge < -0.3 is 10.4 Å². The molecule has 0 radical (unpaired) electrons. The highest BCUT2D eigenvalue weighted by atomic mass is 16.2. The number of urea groups is 1. The van der Waals surface area contributed by atoms with Crippen LogP contribution in [-0.2, 0) is 0 Å². The van der Waals surface area contributed by atoms with Crippen LogP contribution in [0.1, 0.15) is 31.4 Å². The Kier molecular flexibility index (Phi) is 4.76. The Morgan fingerprint density at radius 2 is 2.21 bits per heavy atom. The number of nitrogens with one attached hydrogen (secondary N) is 2. The summed E-state index contributed by atoms with van der Waals surface area (Å²) in [5, 5.41) is 14.2. The fourth-order valence-electron chi connectivity index (χ4n) is 2.11. The third-order valence-corrected chi connectivity index (χ3v) is 2.98. The summed E-state index contributed by atoms with van der Waals surface area (Å²) in [4.78, 5) is 15.9. The maximum atomic E-state index is 11.8. The van der Waals surface area contributed by atoms with E-state index in [2.05, 4.69) is 27.5 Å². The van der Waals surface area contributed by atoms with Gasteiger partial charge in [-0.25, -0.2) is 9.78 Å². The maximum absolute atomic E-state index is 11.8. The van der Waals surface area contributed by atoms with E-state index in [1.165, 1.54) is 12.8 Å². The molecule has 0 saturated heterocycles. The molecule has 0 unspecified atom stereocenters. The van der Waals surface area contributed by atoms with Crippen molar-refractivity contribution in [1.29, 1.82) is 0 Å². The van der Waals surface area contributed by atoms with Gasteiger partial charge in [-0.15, -0.1) is 0 Å². The number of hydrogen-bond acceptors (Lipinski definition) is 3. The monoisotopic (exact) mass is 259 g/mol. The van der Waals surface area contributed by atoms with Crippen LogP contribution in [0.5, 0.6) is 0 Å². The smallest absolute Gasteiger partial charge is 0.320 e. The third kappa shape index (κ3) is 4.27. The molecule has 1 heterocycles. The molecule has 0 atom stereocenters. The molecule has 1 aromatic rings. The normalized spacial score (nSPS) is 14.6. The SMILES string of the molecule is O=C(Nc1cccc(C#CCO)n1)NC1CCCC1. The molecular weight excluding hydrogens is 242 g/mol. The van der Waals surface area contributed by atoms with Crippen molar-refractivity contribution in [2.45, 2.75) is 31.7 Å². The number of pyridine rings is 1. The Morgan fingerprint density at radius 1 is 1.42 bits per heavy atom. The molecule has 0 aromatic carbocycles. The summed E-state index contributed by atoms with van der Waals surface area (Å²) in [7, 11) is 0. The van der Waals surface area contributed by atoms with Crippen LogP contribution in [0.25, 0.3) is 0 Å². The summed E-state index contributed by atoms with van der Waals surface area (Å²) in [6.45, 7) is -0.207. The van der Waals surface area contributed by atoms with Crippen molar-refractivity contribution in [3.63, 3.8) is 0 Å². The lowest BCUT2D eigenvalue weighted by Gasteiger charge is -2.12. The van der Waals surface area contributed by atoms with Gasteiger partial charge in [-0.1, -0.05) is 24.8 Å². The lowest BCUT2D eigenvalue weighted by atomic mass is 10.2. The van der Waals surface area contributed by atoms with E-state index in [1.54, 1.807) is 18.2 Å². The summed E-state index contributed by atoms with van der Waals surface area (Å²) in [6.07, 6.45) is 4.44. The minimum atomic E-state index is -0.230. The number of aliphatic hydroxyl groups is 1. The second-order valence-corrected chi connectivity index (χ2v) is 4.45. The van der Waals surface area contributed by atoms with Crippen molar-refractivity contribution < 1.29 is 9.90 Å². The van der Waals surface area contributed by atoms with Crippen molar-refractivity contribution >= 4 is 11.8 Å². The molecule has 3 N–H and O–H groups in total. The quantitative estimate of drug-likeness (QED) is 0.704. The minimum Gasteiger partial charge on any atom is -0.384 e. The molecular formula is C14H17N3O2. The zero-order chi connectivity index (χ0) is 13.5. The van der Waals surface area contributed by atoms with Crippen LogP contribution in [0, 0.1) is 11.8 Å². The molecule has 5 heteroatoms. The van der Waals surface area contributed by atoms with Crippen molar-refractivity contribution in [2.75, 3.05) is 11.9 Å². The van der Waals surface area contributed by atoms with Gasteiger partial charge in [0.15, 0.2) is 0 Å². The number of aromatic nitrogens is 1. The fourth-order valence-corrected chi connectivity index (χ4v) is 2.11. The first kappa shape index (κ1) is 13.4. The lowest BCUT2D eigenvalue weighted by Crippen LogP contribution is -2.36. The van der Waals surface area contributed by atoms with E-state index >= 15 is 0 Å². The Balaban J connectivity index is 1.92. The lowest BCUT2D eigenvalue weighted by molar-refractivity contribution is 0.248. The van der Waals surface area contributed by atoms with E-state index in [0.29, 0.717) is 11.5 Å². The van der Waals surface area contributed by atoms with Crippen LogP contribution in [-0.4, -0.2) is 28.8 Å². The Labute approximate surface area is 112 Å². The molecule has 1 saturated carbocycles. The molecule has 19 heavy (non-hydrogen) atoms. The molecule has 1 aliphatic rings. The van der Waals surface area contributed by atoms with Gasteiger partial charge in [0.1, 0.15) is 18.1 Å². The number of carbonyl (C=O) groups is 1. The van der Waals surface area contributed by atoms with Crippen molar-refractivity contribution in [1.82, 2.24) is 10.3 Å². The van der Waals surface area contributed by atoms with Crippen LogP contribution >= 0.6 is 0 Å². The molecule has 0 aliphatic heterocycles. The third-order valence-electron chi connectivity index (χ3n) is 2.98. The van der Waals surface area contributed by atoms with Crippen LogP contribution in [0.2, 0.25) is 0 Å². The largest absolute Gasteiger partial charge is 0.384 e. The first-order valence-corrected chi connectivity index (χ1v) is 6.42. The summed E-state index contributed by atoms with van der Waals surface area (Å²) >= 11 is 0. The first-order valence-electron chi connectivity index (χ1n) is 6.42. The van der Waals surface area contributed by atoms with Gasteiger partial charge in [0, 0.05) is 6.04 Å². The number of amides is 2. The van der Waals surface area contributed by atoms with E-state index in [9.17, 15) is 4.79 Å². The summed E-state index contributed by atoms with van der Waals surface area (Å²) < 4.78 is 0. The topological polar surface area (TPSA) is 74.2 Å². The standard InChI is InChI=1S/C14H17N3O2/c18-10-4-8-11-7-3-9-13(15-11)17-14(19)16-12-5-1-2-6-12/h3,7,9,12,18H,1-2,5-6,10H2,(H2,15,16,17,19). The predicted octanol–water partition coefficient (Wildman–Crippen LogP) is 1.49. The first-order chi connectivity index (χ1) is 9.28. The van der Waals surface area contributed by atoms with Crippen molar-refractivity contribution in [3.05, 3.63) is 23.9 Å². The van der Waals surface area contributed by atoms with E-state index < -0.39 is 0 Å². The second-order valence-electron chi connectivity index (χ2n) is 4.45. The van der Waals surface area contributed by atoms with Crippen molar-refractivity contribution in [2.24, 2.45) is 0 Å².